The molecule has 1 unspecified atom stereocenters. The number of rotatable bonds is 4. The van der Waals surface area contributed by atoms with Crippen LogP contribution in [0.1, 0.15) is 17.2 Å². The van der Waals surface area contributed by atoms with Crippen molar-refractivity contribution in [3.05, 3.63) is 23.3 Å². The van der Waals surface area contributed by atoms with Crippen molar-refractivity contribution in [1.29, 1.82) is 0 Å². The van der Waals surface area contributed by atoms with Crippen molar-refractivity contribution in [3.63, 3.8) is 0 Å². The van der Waals surface area contributed by atoms with Crippen molar-refractivity contribution in [1.82, 2.24) is 5.32 Å². The minimum Gasteiger partial charge on any atom is -0.497 e. The molecule has 4 heteroatoms. The number of nitrogens with one attached hydrogen (secondary N) is 1. The van der Waals surface area contributed by atoms with Gasteiger partial charge in [0, 0.05) is 36.7 Å². The second-order valence-corrected chi connectivity index (χ2v) is 4.50. The van der Waals surface area contributed by atoms with Gasteiger partial charge in [-0.3, -0.25) is 0 Å². The summed E-state index contributed by atoms with van der Waals surface area (Å²) in [4.78, 5) is 0. The Morgan fingerprint density at radius 3 is 2.47 bits per heavy atom. The number of aryl methyl sites for hydroxylation is 1. The Morgan fingerprint density at radius 1 is 1.29 bits per heavy atom. The molecule has 0 radical (unpaired) electrons. The zero-order valence-corrected chi connectivity index (χ0v) is 10.6. The van der Waals surface area contributed by atoms with Crippen LogP contribution in [0.3, 0.4) is 0 Å². The topological polar surface area (TPSA) is 56.5 Å². The third-order valence-electron chi connectivity index (χ3n) is 3.43. The average molecular weight is 236 g/mol. The van der Waals surface area contributed by atoms with Crippen LogP contribution < -0.4 is 20.5 Å². The van der Waals surface area contributed by atoms with Crippen LogP contribution in [-0.2, 0) is 0 Å². The predicted octanol–water partition coefficient (Wildman–Crippen LogP) is 1.23. The highest BCUT2D eigenvalue weighted by Crippen LogP contribution is 2.35. The van der Waals surface area contributed by atoms with E-state index in [9.17, 15) is 0 Å². The summed E-state index contributed by atoms with van der Waals surface area (Å²) in [7, 11) is 3.33. The Morgan fingerprint density at radius 2 is 2.00 bits per heavy atom. The van der Waals surface area contributed by atoms with Gasteiger partial charge in [0.1, 0.15) is 11.5 Å². The molecule has 0 bridgehead atoms. The molecular weight excluding hydrogens is 216 g/mol. The third kappa shape index (κ3) is 2.23. The predicted molar refractivity (Wildman–Crippen MR) is 67.6 cm³/mol. The summed E-state index contributed by atoms with van der Waals surface area (Å²) in [5.41, 5.74) is 8.53. The van der Waals surface area contributed by atoms with Gasteiger partial charge in [-0.05, 0) is 18.6 Å². The van der Waals surface area contributed by atoms with Crippen molar-refractivity contribution in [3.8, 4) is 11.5 Å². The van der Waals surface area contributed by atoms with Gasteiger partial charge in [0.05, 0.1) is 14.2 Å². The van der Waals surface area contributed by atoms with E-state index in [4.69, 9.17) is 15.2 Å². The number of benzene rings is 1. The van der Waals surface area contributed by atoms with Crippen LogP contribution >= 0.6 is 0 Å². The minimum absolute atomic E-state index is 0.0251. The first-order valence-corrected chi connectivity index (χ1v) is 5.86. The smallest absolute Gasteiger partial charge is 0.127 e. The SMILES string of the molecule is COc1cc(C)c(C(N)C2CNC2)c(OC)c1. The summed E-state index contributed by atoms with van der Waals surface area (Å²) in [6, 6.07) is 3.93. The molecule has 0 saturated carbocycles. The summed E-state index contributed by atoms with van der Waals surface area (Å²) >= 11 is 0. The summed E-state index contributed by atoms with van der Waals surface area (Å²) < 4.78 is 10.7. The largest absolute Gasteiger partial charge is 0.497 e. The Bertz CT molecular complexity index is 403. The van der Waals surface area contributed by atoms with E-state index in [1.165, 1.54) is 0 Å². The van der Waals surface area contributed by atoms with Gasteiger partial charge < -0.3 is 20.5 Å². The highest BCUT2D eigenvalue weighted by atomic mass is 16.5. The fourth-order valence-electron chi connectivity index (χ4n) is 2.25. The maximum atomic E-state index is 6.31. The lowest BCUT2D eigenvalue weighted by Crippen LogP contribution is -2.47. The lowest BCUT2D eigenvalue weighted by molar-refractivity contribution is 0.287. The first kappa shape index (κ1) is 12.2. The zero-order chi connectivity index (χ0) is 12.4. The van der Waals surface area contributed by atoms with Crippen molar-refractivity contribution in [2.24, 2.45) is 11.7 Å². The van der Waals surface area contributed by atoms with Crippen LogP contribution in [0.5, 0.6) is 11.5 Å². The maximum absolute atomic E-state index is 6.31. The Labute approximate surface area is 102 Å². The molecular formula is C13H20N2O2. The van der Waals surface area contributed by atoms with Crippen LogP contribution in [-0.4, -0.2) is 27.3 Å². The summed E-state index contributed by atoms with van der Waals surface area (Å²) in [5.74, 6) is 2.12. The van der Waals surface area contributed by atoms with E-state index >= 15 is 0 Å². The van der Waals surface area contributed by atoms with Crippen LogP contribution in [0.15, 0.2) is 12.1 Å². The molecule has 1 heterocycles. The molecule has 1 aromatic carbocycles. The molecule has 1 fully saturated rings. The Hall–Kier alpha value is -1.26. The Kier molecular flexibility index (Phi) is 3.54. The first-order chi connectivity index (χ1) is 8.17. The van der Waals surface area contributed by atoms with Gasteiger partial charge in [-0.25, -0.2) is 0 Å². The van der Waals surface area contributed by atoms with Crippen LogP contribution in [0, 0.1) is 12.8 Å². The zero-order valence-electron chi connectivity index (χ0n) is 10.6. The lowest BCUT2D eigenvalue weighted by atomic mass is 9.86. The number of hydrogen-bond donors (Lipinski definition) is 2. The van der Waals surface area contributed by atoms with E-state index in [0.717, 1.165) is 35.7 Å². The summed E-state index contributed by atoms with van der Waals surface area (Å²) in [6.45, 7) is 4.01. The molecule has 0 aromatic heterocycles. The molecule has 4 nitrogen and oxygen atoms in total. The molecule has 1 aliphatic rings. The summed E-state index contributed by atoms with van der Waals surface area (Å²) in [6.07, 6.45) is 0. The van der Waals surface area contributed by atoms with Gasteiger partial charge in [0.2, 0.25) is 0 Å². The number of nitrogens with two attached hydrogens (primary N) is 1. The van der Waals surface area contributed by atoms with E-state index in [1.807, 2.05) is 19.1 Å². The molecule has 17 heavy (non-hydrogen) atoms. The molecule has 1 atom stereocenters. The molecule has 0 amide bonds. The second-order valence-electron chi connectivity index (χ2n) is 4.50. The van der Waals surface area contributed by atoms with E-state index < -0.39 is 0 Å². The fraction of sp³-hybridized carbons (Fsp3) is 0.538. The van der Waals surface area contributed by atoms with Gasteiger partial charge in [0.15, 0.2) is 0 Å². The molecule has 94 valence electrons. The molecule has 0 spiro atoms. The average Bonchev–Trinajstić information content (AvgIpc) is 2.25. The number of methoxy groups -OCH3 is 2. The van der Waals surface area contributed by atoms with Gasteiger partial charge in [-0.1, -0.05) is 0 Å². The normalized spacial score (nSPS) is 17.4. The van der Waals surface area contributed by atoms with Crippen molar-refractivity contribution < 1.29 is 9.47 Å². The van der Waals surface area contributed by atoms with E-state index in [1.54, 1.807) is 14.2 Å². The van der Waals surface area contributed by atoms with E-state index in [2.05, 4.69) is 5.32 Å². The molecule has 1 aliphatic heterocycles. The van der Waals surface area contributed by atoms with E-state index in [-0.39, 0.29) is 6.04 Å². The van der Waals surface area contributed by atoms with Gasteiger partial charge >= 0.3 is 0 Å². The Balaban J connectivity index is 2.36. The fourth-order valence-corrected chi connectivity index (χ4v) is 2.25. The third-order valence-corrected chi connectivity index (χ3v) is 3.43. The number of hydrogen-bond acceptors (Lipinski definition) is 4. The molecule has 3 N–H and O–H groups in total. The lowest BCUT2D eigenvalue weighted by Gasteiger charge is -2.34. The molecule has 2 rings (SSSR count). The highest BCUT2D eigenvalue weighted by Gasteiger charge is 2.28. The van der Waals surface area contributed by atoms with Crippen molar-refractivity contribution >= 4 is 0 Å². The van der Waals surface area contributed by atoms with Crippen LogP contribution in [0.4, 0.5) is 0 Å². The van der Waals surface area contributed by atoms with Crippen molar-refractivity contribution in [2.45, 2.75) is 13.0 Å². The number of ether oxygens (including phenoxy) is 2. The minimum atomic E-state index is 0.0251. The van der Waals surface area contributed by atoms with Crippen LogP contribution in [0.2, 0.25) is 0 Å². The first-order valence-electron chi connectivity index (χ1n) is 5.86. The van der Waals surface area contributed by atoms with Crippen molar-refractivity contribution in [2.75, 3.05) is 27.3 Å². The molecule has 0 aliphatic carbocycles. The quantitative estimate of drug-likeness (QED) is 0.825. The second kappa shape index (κ2) is 4.94. The van der Waals surface area contributed by atoms with Gasteiger partial charge in [0.25, 0.3) is 0 Å². The van der Waals surface area contributed by atoms with Gasteiger partial charge in [-0.15, -0.1) is 0 Å². The standard InChI is InChI=1S/C13H20N2O2/c1-8-4-10(16-2)5-11(17-3)12(8)13(14)9-6-15-7-9/h4-5,9,13,15H,6-7,14H2,1-3H3. The van der Waals surface area contributed by atoms with E-state index in [0.29, 0.717) is 5.92 Å². The molecule has 1 aromatic rings. The molecule has 1 saturated heterocycles. The maximum Gasteiger partial charge on any atom is 0.127 e. The summed E-state index contributed by atoms with van der Waals surface area (Å²) in [5, 5.41) is 3.25. The highest BCUT2D eigenvalue weighted by molar-refractivity contribution is 5.48. The van der Waals surface area contributed by atoms with Gasteiger partial charge in [-0.2, -0.15) is 0 Å². The monoisotopic (exact) mass is 236 g/mol. The van der Waals surface area contributed by atoms with Crippen LogP contribution in [0.25, 0.3) is 0 Å².